The van der Waals surface area contributed by atoms with E-state index >= 15 is 0 Å². The summed E-state index contributed by atoms with van der Waals surface area (Å²) in [6.45, 7) is 7.16. The lowest BCUT2D eigenvalue weighted by atomic mass is 9.73. The second-order valence-electron chi connectivity index (χ2n) is 14.3. The van der Waals surface area contributed by atoms with Crippen LogP contribution in [0.15, 0.2) is 61.1 Å². The topological polar surface area (TPSA) is 126 Å². The number of likely N-dealkylation sites (tertiary alicyclic amines) is 2. The molecule has 53 heavy (non-hydrogen) atoms. The number of rotatable bonds is 11. The molecule has 5 aromatic rings. The van der Waals surface area contributed by atoms with Crippen LogP contribution in [0, 0.1) is 5.41 Å². The molecule has 2 amide bonds. The molecule has 12 nitrogen and oxygen atoms in total. The van der Waals surface area contributed by atoms with Crippen molar-refractivity contribution in [3.05, 3.63) is 82.4 Å². The molecule has 0 saturated carbocycles. The highest BCUT2D eigenvalue weighted by atomic mass is 35.5. The van der Waals surface area contributed by atoms with Crippen molar-refractivity contribution in [2.75, 3.05) is 46.9 Å². The molecule has 4 aromatic heterocycles. The smallest absolute Gasteiger partial charge is 0.220 e. The van der Waals surface area contributed by atoms with Crippen molar-refractivity contribution in [3.8, 4) is 45.3 Å². The van der Waals surface area contributed by atoms with Gasteiger partial charge < -0.3 is 29.4 Å². The SMILES string of the molecule is COc1nc(-c2cccc(-c3ccnc(-c4cc(OC)c5nc(CN6CC7(C6)CN(C(C)=O)C7)cn5c4)c3Cl)c2Cl)ccc1CNC[C@@H]1CCC(=O)N1. The maximum absolute atomic E-state index is 11.7. The maximum atomic E-state index is 11.7. The van der Waals surface area contributed by atoms with Gasteiger partial charge in [0, 0.05) is 117 Å². The van der Waals surface area contributed by atoms with E-state index in [1.165, 1.54) is 0 Å². The minimum Gasteiger partial charge on any atom is -0.493 e. The van der Waals surface area contributed by atoms with Crippen molar-refractivity contribution in [2.24, 2.45) is 5.41 Å². The summed E-state index contributed by atoms with van der Waals surface area (Å²) in [6, 6.07) is 13.6. The summed E-state index contributed by atoms with van der Waals surface area (Å²) in [6.07, 6.45) is 7.11. The predicted molar refractivity (Wildman–Crippen MR) is 203 cm³/mol. The fourth-order valence-corrected chi connectivity index (χ4v) is 8.48. The van der Waals surface area contributed by atoms with Crippen LogP contribution in [-0.4, -0.2) is 94.0 Å². The molecule has 1 atom stereocenters. The summed E-state index contributed by atoms with van der Waals surface area (Å²) in [4.78, 5) is 41.8. The normalized spacial score (nSPS) is 17.9. The highest BCUT2D eigenvalue weighted by molar-refractivity contribution is 6.39. The number of carbonyl (C=O) groups excluding carboxylic acids is 2. The number of benzene rings is 1. The molecule has 3 aliphatic heterocycles. The van der Waals surface area contributed by atoms with E-state index in [2.05, 4.69) is 20.5 Å². The summed E-state index contributed by atoms with van der Waals surface area (Å²) in [7, 11) is 3.23. The number of hydrogen-bond acceptors (Lipinski definition) is 9. The fraction of sp³-hybridized carbons (Fsp3) is 0.359. The van der Waals surface area contributed by atoms with Crippen LogP contribution in [0.25, 0.3) is 39.3 Å². The fourth-order valence-electron chi connectivity index (χ4n) is 7.84. The molecule has 8 rings (SSSR count). The van der Waals surface area contributed by atoms with Gasteiger partial charge in [0.2, 0.25) is 17.7 Å². The molecule has 2 N–H and O–H groups in total. The molecule has 3 saturated heterocycles. The molecule has 3 fully saturated rings. The van der Waals surface area contributed by atoms with Crippen molar-refractivity contribution in [2.45, 2.75) is 38.9 Å². The summed E-state index contributed by atoms with van der Waals surface area (Å²) < 4.78 is 13.4. The molecule has 14 heteroatoms. The molecular formula is C39H40Cl2N8O4. The summed E-state index contributed by atoms with van der Waals surface area (Å²) in [5.74, 6) is 1.35. The number of nitrogens with zero attached hydrogens (tertiary/aromatic N) is 6. The third-order valence-electron chi connectivity index (χ3n) is 10.4. The van der Waals surface area contributed by atoms with E-state index in [-0.39, 0.29) is 23.3 Å². The van der Waals surface area contributed by atoms with Crippen molar-refractivity contribution in [1.29, 1.82) is 0 Å². The van der Waals surface area contributed by atoms with Gasteiger partial charge >= 0.3 is 0 Å². The van der Waals surface area contributed by atoms with E-state index in [1.54, 1.807) is 27.3 Å². The van der Waals surface area contributed by atoms with Gasteiger partial charge in [0.15, 0.2) is 11.4 Å². The lowest BCUT2D eigenvalue weighted by Crippen LogP contribution is -2.72. The van der Waals surface area contributed by atoms with Gasteiger partial charge in [-0.1, -0.05) is 47.5 Å². The van der Waals surface area contributed by atoms with Crippen LogP contribution in [0.3, 0.4) is 0 Å². The predicted octanol–water partition coefficient (Wildman–Crippen LogP) is 5.48. The molecule has 1 spiro atoms. The first-order chi connectivity index (χ1) is 25.6. The maximum Gasteiger partial charge on any atom is 0.220 e. The summed E-state index contributed by atoms with van der Waals surface area (Å²) >= 11 is 14.3. The Kier molecular flexibility index (Phi) is 9.48. The molecule has 1 aromatic carbocycles. The zero-order valence-corrected chi connectivity index (χ0v) is 31.3. The lowest BCUT2D eigenvalue weighted by Gasteiger charge is -2.60. The van der Waals surface area contributed by atoms with Gasteiger partial charge in [-0.2, -0.15) is 0 Å². The number of hydrogen-bond donors (Lipinski definition) is 2. The summed E-state index contributed by atoms with van der Waals surface area (Å²) in [5, 5.41) is 7.33. The molecule has 7 heterocycles. The van der Waals surface area contributed by atoms with Gasteiger partial charge in [-0.25, -0.2) is 9.97 Å². The van der Waals surface area contributed by atoms with Gasteiger partial charge in [-0.15, -0.1) is 0 Å². The zero-order chi connectivity index (χ0) is 36.9. The lowest BCUT2D eigenvalue weighted by molar-refractivity contribution is -0.157. The van der Waals surface area contributed by atoms with Gasteiger partial charge in [0.05, 0.1) is 41.3 Å². The molecule has 0 aliphatic carbocycles. The molecule has 274 valence electrons. The van der Waals surface area contributed by atoms with E-state index in [1.807, 2.05) is 64.2 Å². The van der Waals surface area contributed by atoms with Crippen LogP contribution >= 0.6 is 23.2 Å². The first kappa shape index (κ1) is 35.3. The number of imidazole rings is 1. The van der Waals surface area contributed by atoms with Crippen molar-refractivity contribution in [1.82, 2.24) is 39.8 Å². The Morgan fingerprint density at radius 3 is 2.53 bits per heavy atom. The van der Waals surface area contributed by atoms with Gasteiger partial charge in [-0.05, 0) is 24.6 Å². The minimum absolute atomic E-state index is 0.0969. The minimum atomic E-state index is 0.0969. The Hall–Kier alpha value is -4.75. The van der Waals surface area contributed by atoms with Gasteiger partial charge in [0.25, 0.3) is 0 Å². The number of aromatic nitrogens is 4. The molecule has 0 bridgehead atoms. The van der Waals surface area contributed by atoms with E-state index in [4.69, 9.17) is 42.6 Å². The van der Waals surface area contributed by atoms with Crippen LogP contribution in [0.1, 0.15) is 31.0 Å². The second-order valence-corrected chi connectivity index (χ2v) is 15.0. The number of fused-ring (bicyclic) bond motifs is 1. The Morgan fingerprint density at radius 1 is 1.00 bits per heavy atom. The number of amides is 2. The molecule has 3 aliphatic rings. The molecule has 0 unspecified atom stereocenters. The summed E-state index contributed by atoms with van der Waals surface area (Å²) in [5.41, 5.74) is 7.00. The Balaban J connectivity index is 1.02. The average Bonchev–Trinajstić information content (AvgIpc) is 3.73. The standard InChI is InChI=1S/C39H40Cl2N8O4/c1-23(50)49-21-39(22-49)19-47(20-39)17-27-18-48-16-25(13-32(52-2)37(48)45-27)36-35(41)29(11-12-43-36)28-5-4-6-30(34(28)40)31-9-7-24(38(46-31)53-3)14-42-15-26-8-10-33(51)44-26/h4-7,9,11-13,16,18,26,42H,8,10,14-15,17,19-22H2,1-3H3,(H,44,51)/t26-/m0/s1. The van der Waals surface area contributed by atoms with E-state index in [0.717, 1.165) is 66.1 Å². The van der Waals surface area contributed by atoms with Crippen LogP contribution in [0.2, 0.25) is 10.0 Å². The quantitative estimate of drug-likeness (QED) is 0.180. The third-order valence-corrected chi connectivity index (χ3v) is 11.2. The van der Waals surface area contributed by atoms with Crippen LogP contribution < -0.4 is 20.1 Å². The van der Waals surface area contributed by atoms with Crippen molar-refractivity contribution in [3.63, 3.8) is 0 Å². The van der Waals surface area contributed by atoms with E-state index in [0.29, 0.717) is 64.8 Å². The van der Waals surface area contributed by atoms with Crippen LogP contribution in [0.4, 0.5) is 0 Å². The first-order valence-electron chi connectivity index (χ1n) is 17.7. The third kappa shape index (κ3) is 6.80. The highest BCUT2D eigenvalue weighted by Gasteiger charge is 2.52. The average molecular weight is 756 g/mol. The Morgan fingerprint density at radius 2 is 1.79 bits per heavy atom. The number of pyridine rings is 3. The van der Waals surface area contributed by atoms with Crippen LogP contribution in [0.5, 0.6) is 11.6 Å². The number of nitrogens with one attached hydrogen (secondary N) is 2. The van der Waals surface area contributed by atoms with E-state index in [9.17, 15) is 9.59 Å². The number of carbonyl (C=O) groups is 2. The highest BCUT2D eigenvalue weighted by Crippen LogP contribution is 2.43. The zero-order valence-electron chi connectivity index (χ0n) is 29.8. The molecular weight excluding hydrogens is 715 g/mol. The molecule has 0 radical (unpaired) electrons. The van der Waals surface area contributed by atoms with Crippen molar-refractivity contribution >= 4 is 40.7 Å². The monoisotopic (exact) mass is 754 g/mol. The van der Waals surface area contributed by atoms with Gasteiger partial charge in [-0.3, -0.25) is 19.5 Å². The number of methoxy groups -OCH3 is 2. The Labute approximate surface area is 317 Å². The van der Waals surface area contributed by atoms with Gasteiger partial charge in [0.1, 0.15) is 0 Å². The second kappa shape index (κ2) is 14.2. The van der Waals surface area contributed by atoms with E-state index < -0.39 is 0 Å². The van der Waals surface area contributed by atoms with Crippen LogP contribution in [-0.2, 0) is 22.7 Å². The van der Waals surface area contributed by atoms with Crippen molar-refractivity contribution < 1.29 is 19.1 Å². The number of halogens is 2. The number of ether oxygens (including phenoxy) is 2. The first-order valence-corrected chi connectivity index (χ1v) is 18.4. The largest absolute Gasteiger partial charge is 0.493 e. The Bertz CT molecular complexity index is 2230.